The lowest BCUT2D eigenvalue weighted by Crippen LogP contribution is -2.31. The van der Waals surface area contributed by atoms with Gasteiger partial charge in [0.1, 0.15) is 0 Å². The standard InChI is InChI=1S/C18H29N3O3/c1-4-19-18(20-11-10-15-7-6-12-24-15)21-14-8-9-16(23-5-2)17(13-14)22-3/h8-9,13,15H,4-7,10-12H2,1-3H3,(H2,19,20,21). The highest BCUT2D eigenvalue weighted by Gasteiger charge is 2.14. The van der Waals surface area contributed by atoms with Crippen LogP contribution in [0, 0.1) is 0 Å². The van der Waals surface area contributed by atoms with E-state index in [4.69, 9.17) is 14.2 Å². The second kappa shape index (κ2) is 10.0. The van der Waals surface area contributed by atoms with Gasteiger partial charge in [-0.3, -0.25) is 4.99 Å². The maximum Gasteiger partial charge on any atom is 0.195 e. The largest absolute Gasteiger partial charge is 0.493 e. The van der Waals surface area contributed by atoms with Crippen molar-refractivity contribution in [3.8, 4) is 11.5 Å². The highest BCUT2D eigenvalue weighted by molar-refractivity contribution is 5.93. The van der Waals surface area contributed by atoms with Crippen LogP contribution in [0.5, 0.6) is 11.5 Å². The molecule has 1 fully saturated rings. The van der Waals surface area contributed by atoms with Gasteiger partial charge in [0.15, 0.2) is 17.5 Å². The summed E-state index contributed by atoms with van der Waals surface area (Å²) in [6, 6.07) is 5.78. The number of ether oxygens (including phenoxy) is 3. The Balaban J connectivity index is 1.97. The van der Waals surface area contributed by atoms with Crippen LogP contribution >= 0.6 is 0 Å². The maximum atomic E-state index is 5.64. The van der Waals surface area contributed by atoms with Crippen molar-refractivity contribution in [1.29, 1.82) is 0 Å². The SMILES string of the molecule is CCNC(=NCCC1CCCO1)Nc1ccc(OCC)c(OC)c1. The molecule has 1 saturated heterocycles. The first-order valence-electron chi connectivity index (χ1n) is 8.74. The van der Waals surface area contributed by atoms with E-state index in [0.717, 1.165) is 49.9 Å². The number of nitrogens with one attached hydrogen (secondary N) is 2. The van der Waals surface area contributed by atoms with E-state index in [-0.39, 0.29) is 0 Å². The number of hydrogen-bond donors (Lipinski definition) is 2. The van der Waals surface area contributed by atoms with Gasteiger partial charge in [0.25, 0.3) is 0 Å². The van der Waals surface area contributed by atoms with Crippen LogP contribution in [0.25, 0.3) is 0 Å². The van der Waals surface area contributed by atoms with Gasteiger partial charge in [0, 0.05) is 31.5 Å². The van der Waals surface area contributed by atoms with Crippen LogP contribution < -0.4 is 20.1 Å². The first kappa shape index (κ1) is 18.4. The third kappa shape index (κ3) is 5.60. The molecule has 0 aromatic heterocycles. The summed E-state index contributed by atoms with van der Waals surface area (Å²) in [4.78, 5) is 4.63. The van der Waals surface area contributed by atoms with E-state index in [1.165, 1.54) is 6.42 Å². The lowest BCUT2D eigenvalue weighted by Gasteiger charge is -2.15. The molecule has 0 amide bonds. The van der Waals surface area contributed by atoms with E-state index >= 15 is 0 Å². The summed E-state index contributed by atoms with van der Waals surface area (Å²) in [7, 11) is 1.64. The number of methoxy groups -OCH3 is 1. The minimum absolute atomic E-state index is 0.363. The zero-order valence-corrected chi connectivity index (χ0v) is 14.9. The molecule has 0 radical (unpaired) electrons. The van der Waals surface area contributed by atoms with Crippen molar-refractivity contribution in [2.24, 2.45) is 4.99 Å². The van der Waals surface area contributed by atoms with Crippen molar-refractivity contribution in [2.45, 2.75) is 39.2 Å². The molecule has 1 aromatic carbocycles. The van der Waals surface area contributed by atoms with Crippen molar-refractivity contribution in [1.82, 2.24) is 5.32 Å². The van der Waals surface area contributed by atoms with E-state index in [2.05, 4.69) is 22.5 Å². The molecule has 0 saturated carbocycles. The van der Waals surface area contributed by atoms with Crippen LogP contribution in [0.3, 0.4) is 0 Å². The Kier molecular flexibility index (Phi) is 7.68. The number of benzene rings is 1. The number of rotatable bonds is 8. The normalized spacial score (nSPS) is 17.6. The predicted molar refractivity (Wildman–Crippen MR) is 97.4 cm³/mol. The molecule has 1 atom stereocenters. The lowest BCUT2D eigenvalue weighted by atomic mass is 10.2. The van der Waals surface area contributed by atoms with E-state index < -0.39 is 0 Å². The zero-order valence-electron chi connectivity index (χ0n) is 14.9. The Morgan fingerprint density at radius 3 is 2.88 bits per heavy atom. The highest BCUT2D eigenvalue weighted by atomic mass is 16.5. The molecule has 2 N–H and O–H groups in total. The monoisotopic (exact) mass is 335 g/mol. The average molecular weight is 335 g/mol. The molecular formula is C18H29N3O3. The van der Waals surface area contributed by atoms with Crippen LogP contribution in [0.4, 0.5) is 5.69 Å². The topological polar surface area (TPSA) is 64.1 Å². The minimum atomic E-state index is 0.363. The first-order chi connectivity index (χ1) is 11.8. The van der Waals surface area contributed by atoms with Gasteiger partial charge in [0.2, 0.25) is 0 Å². The molecule has 0 spiro atoms. The summed E-state index contributed by atoms with van der Waals surface area (Å²) in [5.41, 5.74) is 0.909. The van der Waals surface area contributed by atoms with Crippen LogP contribution in [0.2, 0.25) is 0 Å². The smallest absolute Gasteiger partial charge is 0.195 e. The molecule has 1 aliphatic rings. The fraction of sp³-hybridized carbons (Fsp3) is 0.611. The molecule has 2 rings (SSSR count). The molecule has 0 aliphatic carbocycles. The maximum absolute atomic E-state index is 5.64. The second-order valence-corrected chi connectivity index (χ2v) is 5.61. The Hall–Kier alpha value is -1.95. The summed E-state index contributed by atoms with van der Waals surface area (Å²) in [6.45, 7) is 7.05. The highest BCUT2D eigenvalue weighted by Crippen LogP contribution is 2.30. The Morgan fingerprint density at radius 2 is 2.21 bits per heavy atom. The van der Waals surface area contributed by atoms with Crippen molar-refractivity contribution < 1.29 is 14.2 Å². The molecule has 1 aliphatic heterocycles. The molecule has 6 nitrogen and oxygen atoms in total. The Labute approximate surface area is 144 Å². The van der Waals surface area contributed by atoms with Crippen molar-refractivity contribution in [3.05, 3.63) is 18.2 Å². The quantitative estimate of drug-likeness (QED) is 0.565. The van der Waals surface area contributed by atoms with Crippen LogP contribution in [0.15, 0.2) is 23.2 Å². The summed E-state index contributed by atoms with van der Waals surface area (Å²) < 4.78 is 16.6. The van der Waals surface area contributed by atoms with E-state index in [9.17, 15) is 0 Å². The number of aliphatic imine (C=N–C) groups is 1. The number of anilines is 1. The number of hydrogen-bond acceptors (Lipinski definition) is 4. The van der Waals surface area contributed by atoms with Gasteiger partial charge in [-0.2, -0.15) is 0 Å². The molecule has 134 valence electrons. The van der Waals surface area contributed by atoms with Crippen LogP contribution in [-0.4, -0.2) is 45.5 Å². The van der Waals surface area contributed by atoms with Gasteiger partial charge in [-0.25, -0.2) is 0 Å². The van der Waals surface area contributed by atoms with Gasteiger partial charge < -0.3 is 24.8 Å². The summed E-state index contributed by atoms with van der Waals surface area (Å²) in [5.74, 6) is 2.21. The average Bonchev–Trinajstić information content (AvgIpc) is 3.10. The minimum Gasteiger partial charge on any atom is -0.493 e. The summed E-state index contributed by atoms with van der Waals surface area (Å²) >= 11 is 0. The molecule has 24 heavy (non-hydrogen) atoms. The molecule has 1 unspecified atom stereocenters. The van der Waals surface area contributed by atoms with Gasteiger partial charge >= 0.3 is 0 Å². The third-order valence-electron chi connectivity index (χ3n) is 3.82. The fourth-order valence-corrected chi connectivity index (χ4v) is 2.66. The Morgan fingerprint density at radius 1 is 1.33 bits per heavy atom. The van der Waals surface area contributed by atoms with Crippen molar-refractivity contribution in [2.75, 3.05) is 38.7 Å². The van der Waals surface area contributed by atoms with Crippen molar-refractivity contribution in [3.63, 3.8) is 0 Å². The van der Waals surface area contributed by atoms with E-state index in [1.807, 2.05) is 25.1 Å². The van der Waals surface area contributed by atoms with Gasteiger partial charge in [-0.1, -0.05) is 0 Å². The first-order valence-corrected chi connectivity index (χ1v) is 8.74. The second-order valence-electron chi connectivity index (χ2n) is 5.61. The fourth-order valence-electron chi connectivity index (χ4n) is 2.66. The molecule has 1 aromatic rings. The summed E-state index contributed by atoms with van der Waals surface area (Å²) in [5, 5.41) is 6.57. The number of guanidine groups is 1. The number of nitrogens with zero attached hydrogens (tertiary/aromatic N) is 1. The van der Waals surface area contributed by atoms with Crippen molar-refractivity contribution >= 4 is 11.6 Å². The van der Waals surface area contributed by atoms with E-state index in [0.29, 0.717) is 18.5 Å². The Bertz CT molecular complexity index is 528. The van der Waals surface area contributed by atoms with E-state index in [1.54, 1.807) is 7.11 Å². The van der Waals surface area contributed by atoms with Gasteiger partial charge in [-0.05, 0) is 45.2 Å². The zero-order chi connectivity index (χ0) is 17.2. The molecule has 1 heterocycles. The van der Waals surface area contributed by atoms with Crippen LogP contribution in [-0.2, 0) is 4.74 Å². The molecule has 6 heteroatoms. The third-order valence-corrected chi connectivity index (χ3v) is 3.82. The van der Waals surface area contributed by atoms with Crippen LogP contribution in [0.1, 0.15) is 33.1 Å². The molecule has 0 bridgehead atoms. The van der Waals surface area contributed by atoms with Gasteiger partial charge in [0.05, 0.1) is 19.8 Å². The molecular weight excluding hydrogens is 306 g/mol. The lowest BCUT2D eigenvalue weighted by molar-refractivity contribution is 0.106. The summed E-state index contributed by atoms with van der Waals surface area (Å²) in [6.07, 6.45) is 3.64. The van der Waals surface area contributed by atoms with Gasteiger partial charge in [-0.15, -0.1) is 0 Å². The predicted octanol–water partition coefficient (Wildman–Crippen LogP) is 3.04.